The lowest BCUT2D eigenvalue weighted by Crippen LogP contribution is -2.23. The van der Waals surface area contributed by atoms with Gasteiger partial charge in [0.15, 0.2) is 0 Å². The first-order chi connectivity index (χ1) is 10.0. The van der Waals surface area contributed by atoms with Gasteiger partial charge in [0.2, 0.25) is 0 Å². The fourth-order valence-electron chi connectivity index (χ4n) is 1.90. The monoisotopic (exact) mass is 290 g/mol. The summed E-state index contributed by atoms with van der Waals surface area (Å²) in [6.07, 6.45) is 0. The van der Waals surface area contributed by atoms with Crippen LogP contribution in [0.1, 0.15) is 15.9 Å². The van der Waals surface area contributed by atoms with Gasteiger partial charge in [0.25, 0.3) is 5.91 Å². The van der Waals surface area contributed by atoms with Crippen molar-refractivity contribution in [3.05, 3.63) is 53.3 Å². The van der Waals surface area contributed by atoms with E-state index >= 15 is 0 Å². The number of anilines is 1. The van der Waals surface area contributed by atoms with E-state index in [0.717, 1.165) is 12.1 Å². The molecule has 0 spiro atoms. The molecule has 0 bridgehead atoms. The Labute approximate surface area is 121 Å². The molecule has 5 nitrogen and oxygen atoms in total. The maximum Gasteiger partial charge on any atom is 0.255 e. The normalized spacial score (nSPS) is 10.2. The van der Waals surface area contributed by atoms with E-state index < -0.39 is 17.5 Å². The molecule has 0 unspecified atom stereocenters. The maximum atomic E-state index is 12.9. The van der Waals surface area contributed by atoms with Gasteiger partial charge in [-0.15, -0.1) is 0 Å². The van der Waals surface area contributed by atoms with Crippen molar-refractivity contribution in [2.24, 2.45) is 0 Å². The third kappa shape index (κ3) is 3.42. The number of phenols is 1. The summed E-state index contributed by atoms with van der Waals surface area (Å²) in [4.78, 5) is 12.0. The molecule has 0 saturated carbocycles. The Morgan fingerprint density at radius 2 is 2.10 bits per heavy atom. The third-order valence-electron chi connectivity index (χ3n) is 2.95. The Hall–Kier alpha value is -2.76. The number of hydrogen-bond donors (Lipinski definition) is 3. The number of carbonyl (C=O) groups excluding carboxylic acids is 1. The largest absolute Gasteiger partial charge is 0.507 e. The second-order valence-corrected chi connectivity index (χ2v) is 4.42. The fraction of sp³-hybridized carbons (Fsp3) is 0.133. The number of hydrogen-bond acceptors (Lipinski definition) is 4. The summed E-state index contributed by atoms with van der Waals surface area (Å²) in [7, 11) is 1.52. The van der Waals surface area contributed by atoms with E-state index in [-0.39, 0.29) is 12.1 Å². The van der Waals surface area contributed by atoms with Crippen LogP contribution in [-0.4, -0.2) is 18.1 Å². The van der Waals surface area contributed by atoms with E-state index in [9.17, 15) is 14.3 Å². The highest BCUT2D eigenvalue weighted by Crippen LogP contribution is 2.22. The number of methoxy groups -OCH3 is 1. The summed E-state index contributed by atoms with van der Waals surface area (Å²) < 4.78 is 18.1. The zero-order valence-corrected chi connectivity index (χ0v) is 11.4. The quantitative estimate of drug-likeness (QED) is 0.752. The van der Waals surface area contributed by atoms with Crippen LogP contribution in [0.4, 0.5) is 10.1 Å². The Morgan fingerprint density at radius 3 is 2.76 bits per heavy atom. The molecule has 2 aromatic carbocycles. The number of aromatic hydroxyl groups is 1. The molecule has 110 valence electrons. The van der Waals surface area contributed by atoms with Crippen molar-refractivity contribution >= 4 is 11.6 Å². The molecule has 2 aromatic rings. The first-order valence-corrected chi connectivity index (χ1v) is 6.20. The molecule has 0 aliphatic rings. The van der Waals surface area contributed by atoms with Crippen LogP contribution in [0.15, 0.2) is 36.4 Å². The Bertz CT molecular complexity index is 674. The van der Waals surface area contributed by atoms with Gasteiger partial charge in [-0.25, -0.2) is 4.39 Å². The van der Waals surface area contributed by atoms with Crippen molar-refractivity contribution < 1.29 is 19.0 Å². The highest BCUT2D eigenvalue weighted by molar-refractivity contribution is 5.96. The van der Waals surface area contributed by atoms with Crippen molar-refractivity contribution in [1.29, 1.82) is 0 Å². The minimum Gasteiger partial charge on any atom is -0.507 e. The van der Waals surface area contributed by atoms with Crippen molar-refractivity contribution in [2.45, 2.75) is 6.54 Å². The second-order valence-electron chi connectivity index (χ2n) is 4.42. The van der Waals surface area contributed by atoms with Gasteiger partial charge < -0.3 is 20.9 Å². The van der Waals surface area contributed by atoms with Crippen LogP contribution < -0.4 is 15.8 Å². The van der Waals surface area contributed by atoms with E-state index in [4.69, 9.17) is 10.5 Å². The van der Waals surface area contributed by atoms with Gasteiger partial charge in [-0.2, -0.15) is 0 Å². The standard InChI is InChI=1S/C15H15FN2O3/c1-21-14-5-3-11(17)6-9(14)8-18-15(20)12-4-2-10(16)7-13(12)19/h2-7,19H,8,17H2,1H3,(H,18,20). The molecule has 2 rings (SSSR count). The molecule has 1 amide bonds. The topological polar surface area (TPSA) is 84.6 Å². The zero-order valence-electron chi connectivity index (χ0n) is 11.4. The van der Waals surface area contributed by atoms with E-state index in [2.05, 4.69) is 5.32 Å². The second kappa shape index (κ2) is 6.13. The predicted molar refractivity (Wildman–Crippen MR) is 76.6 cm³/mol. The molecule has 0 radical (unpaired) electrons. The van der Waals surface area contributed by atoms with Crippen molar-refractivity contribution in [3.63, 3.8) is 0 Å². The number of nitrogen functional groups attached to an aromatic ring is 1. The minimum atomic E-state index is -0.610. The SMILES string of the molecule is COc1ccc(N)cc1CNC(=O)c1ccc(F)cc1O. The Balaban J connectivity index is 2.12. The van der Waals surface area contributed by atoms with Crippen LogP contribution in [0.3, 0.4) is 0 Å². The lowest BCUT2D eigenvalue weighted by molar-refractivity contribution is 0.0948. The molecular weight excluding hydrogens is 275 g/mol. The van der Waals surface area contributed by atoms with E-state index in [0.29, 0.717) is 17.0 Å². The minimum absolute atomic E-state index is 0.000676. The summed E-state index contributed by atoms with van der Waals surface area (Å²) in [5.41, 5.74) is 6.94. The summed E-state index contributed by atoms with van der Waals surface area (Å²) in [6, 6.07) is 8.29. The smallest absolute Gasteiger partial charge is 0.255 e. The predicted octanol–water partition coefficient (Wildman–Crippen LogP) is 2.05. The number of amides is 1. The maximum absolute atomic E-state index is 12.9. The van der Waals surface area contributed by atoms with Gasteiger partial charge in [-0.05, 0) is 30.3 Å². The van der Waals surface area contributed by atoms with Crippen LogP contribution in [0, 0.1) is 5.82 Å². The van der Waals surface area contributed by atoms with Crippen LogP contribution in [0.2, 0.25) is 0 Å². The van der Waals surface area contributed by atoms with Crippen LogP contribution in [0.5, 0.6) is 11.5 Å². The van der Waals surface area contributed by atoms with Crippen LogP contribution >= 0.6 is 0 Å². The summed E-state index contributed by atoms with van der Waals surface area (Å²) in [6.45, 7) is 0.170. The molecule has 0 fully saturated rings. The number of carbonyl (C=O) groups is 1. The number of benzene rings is 2. The van der Waals surface area contributed by atoms with Gasteiger partial charge >= 0.3 is 0 Å². The van der Waals surface area contributed by atoms with E-state index in [1.807, 2.05) is 0 Å². The van der Waals surface area contributed by atoms with Crippen molar-refractivity contribution in [3.8, 4) is 11.5 Å². The molecule has 21 heavy (non-hydrogen) atoms. The first kappa shape index (κ1) is 14.6. The molecule has 0 aromatic heterocycles. The van der Waals surface area contributed by atoms with Gasteiger partial charge in [0.05, 0.1) is 12.7 Å². The average molecular weight is 290 g/mol. The zero-order chi connectivity index (χ0) is 15.4. The van der Waals surface area contributed by atoms with Gasteiger partial charge in [-0.1, -0.05) is 0 Å². The molecule has 4 N–H and O–H groups in total. The number of nitrogens with two attached hydrogens (primary N) is 1. The molecule has 0 saturated heterocycles. The molecule has 0 heterocycles. The summed E-state index contributed by atoms with van der Waals surface area (Å²) in [5.74, 6) is -0.946. The Kier molecular flexibility index (Phi) is 4.27. The van der Waals surface area contributed by atoms with Gasteiger partial charge in [-0.3, -0.25) is 4.79 Å². The lowest BCUT2D eigenvalue weighted by Gasteiger charge is -2.11. The number of halogens is 1. The van der Waals surface area contributed by atoms with Gasteiger partial charge in [0, 0.05) is 23.9 Å². The molecular formula is C15H15FN2O3. The van der Waals surface area contributed by atoms with Crippen LogP contribution in [0.25, 0.3) is 0 Å². The average Bonchev–Trinajstić information content (AvgIpc) is 2.45. The number of nitrogens with one attached hydrogen (secondary N) is 1. The van der Waals surface area contributed by atoms with Crippen molar-refractivity contribution in [1.82, 2.24) is 5.32 Å². The summed E-state index contributed by atoms with van der Waals surface area (Å²) in [5, 5.41) is 12.2. The highest BCUT2D eigenvalue weighted by Gasteiger charge is 2.12. The van der Waals surface area contributed by atoms with Gasteiger partial charge in [0.1, 0.15) is 17.3 Å². The van der Waals surface area contributed by atoms with E-state index in [1.165, 1.54) is 13.2 Å². The highest BCUT2D eigenvalue weighted by atomic mass is 19.1. The Morgan fingerprint density at radius 1 is 1.33 bits per heavy atom. The molecule has 0 aliphatic carbocycles. The fourth-order valence-corrected chi connectivity index (χ4v) is 1.90. The summed E-state index contributed by atoms with van der Waals surface area (Å²) >= 11 is 0. The van der Waals surface area contributed by atoms with Crippen LogP contribution in [-0.2, 0) is 6.54 Å². The molecule has 6 heteroatoms. The van der Waals surface area contributed by atoms with E-state index in [1.54, 1.807) is 18.2 Å². The van der Waals surface area contributed by atoms with Crippen molar-refractivity contribution in [2.75, 3.05) is 12.8 Å². The molecule has 0 aliphatic heterocycles. The first-order valence-electron chi connectivity index (χ1n) is 6.20. The lowest BCUT2D eigenvalue weighted by atomic mass is 10.1. The number of ether oxygens (including phenoxy) is 1. The number of phenolic OH excluding ortho intramolecular Hbond substituents is 1. The molecule has 0 atom stereocenters. The number of rotatable bonds is 4. The third-order valence-corrected chi connectivity index (χ3v) is 2.95.